The molecular formula is C18H19N7O. The van der Waals surface area contributed by atoms with E-state index < -0.39 is 0 Å². The van der Waals surface area contributed by atoms with Gasteiger partial charge in [0.05, 0.1) is 5.69 Å². The molecular weight excluding hydrogens is 330 g/mol. The predicted octanol–water partition coefficient (Wildman–Crippen LogP) is 2.03. The molecule has 2 aliphatic rings. The molecule has 1 saturated heterocycles. The van der Waals surface area contributed by atoms with Crippen molar-refractivity contribution in [3.8, 4) is 12.1 Å². The summed E-state index contributed by atoms with van der Waals surface area (Å²) in [7, 11) is 0. The highest BCUT2D eigenvalue weighted by Crippen LogP contribution is 2.41. The van der Waals surface area contributed by atoms with Gasteiger partial charge in [0.15, 0.2) is 5.82 Å². The summed E-state index contributed by atoms with van der Waals surface area (Å²) in [5.74, 6) is 2.26. The van der Waals surface area contributed by atoms with E-state index in [-0.39, 0.29) is 0 Å². The van der Waals surface area contributed by atoms with E-state index in [0.717, 1.165) is 24.1 Å². The van der Waals surface area contributed by atoms with E-state index in [9.17, 15) is 10.5 Å². The van der Waals surface area contributed by atoms with Crippen LogP contribution in [0.15, 0.2) is 4.42 Å². The minimum atomic E-state index is 0.365. The van der Waals surface area contributed by atoms with E-state index in [4.69, 9.17) is 4.42 Å². The van der Waals surface area contributed by atoms with Gasteiger partial charge in [-0.15, -0.1) is 5.10 Å². The second-order valence-corrected chi connectivity index (χ2v) is 6.79. The predicted molar refractivity (Wildman–Crippen MR) is 93.8 cm³/mol. The van der Waals surface area contributed by atoms with Crippen LogP contribution in [0.5, 0.6) is 0 Å². The topological polar surface area (TPSA) is 106 Å². The van der Waals surface area contributed by atoms with Crippen molar-refractivity contribution in [2.75, 3.05) is 36.0 Å². The van der Waals surface area contributed by atoms with Crippen molar-refractivity contribution in [3.05, 3.63) is 28.4 Å². The minimum Gasteiger partial charge on any atom is -0.423 e. The second-order valence-electron chi connectivity index (χ2n) is 6.79. The molecule has 0 N–H and O–H groups in total. The molecule has 0 atom stereocenters. The zero-order valence-corrected chi connectivity index (χ0v) is 14.9. The number of nitriles is 2. The Labute approximate surface area is 151 Å². The average Bonchev–Trinajstić information content (AvgIpc) is 3.43. The Morgan fingerprint density at radius 3 is 2.31 bits per heavy atom. The number of rotatable bonds is 3. The highest BCUT2D eigenvalue weighted by molar-refractivity contribution is 5.59. The van der Waals surface area contributed by atoms with Crippen molar-refractivity contribution < 1.29 is 4.42 Å². The number of anilines is 2. The molecule has 2 aromatic rings. The lowest BCUT2D eigenvalue weighted by Crippen LogP contribution is -2.47. The van der Waals surface area contributed by atoms with Crippen LogP contribution in [0.4, 0.5) is 11.7 Å². The van der Waals surface area contributed by atoms with Crippen LogP contribution in [0.1, 0.15) is 47.2 Å². The number of nitrogens with zero attached hydrogens (tertiary/aromatic N) is 7. The summed E-state index contributed by atoms with van der Waals surface area (Å²) in [5, 5.41) is 27.3. The highest BCUT2D eigenvalue weighted by atomic mass is 16.4. The summed E-state index contributed by atoms with van der Waals surface area (Å²) in [6, 6.07) is 4.40. The van der Waals surface area contributed by atoms with Crippen molar-refractivity contribution in [2.45, 2.75) is 32.6 Å². The molecule has 2 aromatic heterocycles. The third-order valence-corrected chi connectivity index (χ3v) is 5.07. The van der Waals surface area contributed by atoms with E-state index in [1.54, 1.807) is 0 Å². The van der Waals surface area contributed by atoms with Gasteiger partial charge in [-0.2, -0.15) is 15.6 Å². The van der Waals surface area contributed by atoms with Crippen LogP contribution in [0.3, 0.4) is 0 Å². The van der Waals surface area contributed by atoms with E-state index in [1.807, 2.05) is 13.8 Å². The molecule has 1 aliphatic heterocycles. The van der Waals surface area contributed by atoms with E-state index >= 15 is 0 Å². The van der Waals surface area contributed by atoms with Crippen LogP contribution in [0, 0.1) is 36.5 Å². The zero-order valence-electron chi connectivity index (χ0n) is 14.9. The van der Waals surface area contributed by atoms with Crippen LogP contribution in [-0.2, 0) is 0 Å². The first-order valence-electron chi connectivity index (χ1n) is 8.77. The fourth-order valence-electron chi connectivity index (χ4n) is 3.19. The average molecular weight is 349 g/mol. The van der Waals surface area contributed by atoms with Crippen LogP contribution < -0.4 is 9.80 Å². The normalized spacial score (nSPS) is 17.1. The number of hydrogen-bond acceptors (Lipinski definition) is 8. The fourth-order valence-corrected chi connectivity index (χ4v) is 3.19. The van der Waals surface area contributed by atoms with Gasteiger partial charge < -0.3 is 14.2 Å². The van der Waals surface area contributed by atoms with Crippen LogP contribution >= 0.6 is 0 Å². The van der Waals surface area contributed by atoms with Gasteiger partial charge in [-0.1, -0.05) is 0 Å². The van der Waals surface area contributed by atoms with Gasteiger partial charge in [-0.3, -0.25) is 0 Å². The molecule has 2 fully saturated rings. The molecule has 8 nitrogen and oxygen atoms in total. The highest BCUT2D eigenvalue weighted by Gasteiger charge is 2.32. The smallest absolute Gasteiger partial charge is 0.234 e. The summed E-state index contributed by atoms with van der Waals surface area (Å²) in [6.07, 6.45) is 2.17. The summed E-state index contributed by atoms with van der Waals surface area (Å²) >= 11 is 0. The summed E-state index contributed by atoms with van der Waals surface area (Å²) < 4.78 is 5.88. The number of aryl methyl sites for hydroxylation is 1. The standard InChI is InChI=1S/C18H19N7O/c1-11-12(2)22-23-16(14(11)9-19)24-5-7-25(8-6-24)18-15(10-20)21-17(26-18)13-3-4-13/h13H,3-8H2,1-2H3. The maximum absolute atomic E-state index is 9.50. The molecule has 0 amide bonds. The van der Waals surface area contributed by atoms with Crippen LogP contribution in [-0.4, -0.2) is 41.4 Å². The first-order valence-corrected chi connectivity index (χ1v) is 8.77. The Bertz CT molecular complexity index is 924. The minimum absolute atomic E-state index is 0.365. The molecule has 1 aliphatic carbocycles. The first kappa shape index (κ1) is 16.3. The summed E-state index contributed by atoms with van der Waals surface area (Å²) in [5.41, 5.74) is 2.59. The maximum Gasteiger partial charge on any atom is 0.234 e. The molecule has 0 aromatic carbocycles. The quantitative estimate of drug-likeness (QED) is 0.828. The second kappa shape index (κ2) is 6.30. The first-order chi connectivity index (χ1) is 12.6. The third-order valence-electron chi connectivity index (χ3n) is 5.07. The largest absolute Gasteiger partial charge is 0.423 e. The number of piperazine rings is 1. The van der Waals surface area contributed by atoms with Crippen molar-refractivity contribution in [1.82, 2.24) is 15.2 Å². The third kappa shape index (κ3) is 2.74. The van der Waals surface area contributed by atoms with E-state index in [1.165, 1.54) is 0 Å². The molecule has 1 saturated carbocycles. The number of oxazole rings is 1. The monoisotopic (exact) mass is 349 g/mol. The molecule has 0 unspecified atom stereocenters. The van der Waals surface area contributed by atoms with Gasteiger partial charge in [0.25, 0.3) is 0 Å². The molecule has 26 heavy (non-hydrogen) atoms. The number of hydrogen-bond donors (Lipinski definition) is 0. The summed E-state index contributed by atoms with van der Waals surface area (Å²) in [6.45, 7) is 6.46. The van der Waals surface area contributed by atoms with Gasteiger partial charge in [0.1, 0.15) is 17.7 Å². The molecule has 3 heterocycles. The number of aromatic nitrogens is 3. The van der Waals surface area contributed by atoms with Crippen LogP contribution in [0.2, 0.25) is 0 Å². The molecule has 0 spiro atoms. The van der Waals surface area contributed by atoms with Gasteiger partial charge in [-0.25, -0.2) is 4.98 Å². The fraction of sp³-hybridized carbons (Fsp3) is 0.500. The Hall–Kier alpha value is -3.13. The van der Waals surface area contributed by atoms with Gasteiger partial charge in [0.2, 0.25) is 17.5 Å². The van der Waals surface area contributed by atoms with Crippen molar-refractivity contribution in [2.24, 2.45) is 0 Å². The molecule has 4 rings (SSSR count). The van der Waals surface area contributed by atoms with E-state index in [2.05, 4.69) is 37.1 Å². The van der Waals surface area contributed by atoms with Crippen molar-refractivity contribution >= 4 is 11.7 Å². The lowest BCUT2D eigenvalue weighted by molar-refractivity contribution is 0.477. The zero-order chi connectivity index (χ0) is 18.3. The maximum atomic E-state index is 9.50. The molecule has 132 valence electrons. The Kier molecular flexibility index (Phi) is 3.96. The SMILES string of the molecule is Cc1nnc(N2CCN(c3oc(C4CC4)nc3C#N)CC2)c(C#N)c1C. The Morgan fingerprint density at radius 2 is 1.69 bits per heavy atom. The van der Waals surface area contributed by atoms with Gasteiger partial charge in [0, 0.05) is 32.1 Å². The van der Waals surface area contributed by atoms with Gasteiger partial charge in [-0.05, 0) is 32.3 Å². The lowest BCUT2D eigenvalue weighted by Gasteiger charge is -2.35. The molecule has 0 bridgehead atoms. The van der Waals surface area contributed by atoms with E-state index in [0.29, 0.717) is 60.9 Å². The molecule has 0 radical (unpaired) electrons. The van der Waals surface area contributed by atoms with Gasteiger partial charge >= 0.3 is 0 Å². The molecule has 8 heteroatoms. The van der Waals surface area contributed by atoms with Crippen LogP contribution in [0.25, 0.3) is 0 Å². The summed E-state index contributed by atoms with van der Waals surface area (Å²) in [4.78, 5) is 8.46. The Balaban J connectivity index is 1.53. The lowest BCUT2D eigenvalue weighted by atomic mass is 10.1. The van der Waals surface area contributed by atoms with Crippen molar-refractivity contribution in [1.29, 1.82) is 10.5 Å². The Morgan fingerprint density at radius 1 is 1.00 bits per heavy atom. The van der Waals surface area contributed by atoms with Crippen molar-refractivity contribution in [3.63, 3.8) is 0 Å².